The molecule has 2 N–H and O–H groups in total. The van der Waals surface area contributed by atoms with Gasteiger partial charge in [0, 0.05) is 11.9 Å². The molecule has 0 aliphatic carbocycles. The third-order valence-electron chi connectivity index (χ3n) is 3.90. The van der Waals surface area contributed by atoms with E-state index in [-0.39, 0.29) is 22.5 Å². The molecule has 0 unspecified atom stereocenters. The predicted molar refractivity (Wildman–Crippen MR) is 111 cm³/mol. The highest BCUT2D eigenvalue weighted by Crippen LogP contribution is 2.34. The number of hydrogen-bond donors (Lipinski definition) is 2. The molecule has 1 aromatic carbocycles. The third kappa shape index (κ3) is 5.29. The molecule has 0 saturated carbocycles. The topological polar surface area (TPSA) is 115 Å². The number of pyridine rings is 1. The van der Waals surface area contributed by atoms with Gasteiger partial charge in [-0.3, -0.25) is 10.1 Å². The SMILES string of the molecule is CCCCOc1ccc(Nc2ncnc(Nc3cccnc3Cl)c2[N+](=O)[O-])cc1. The van der Waals surface area contributed by atoms with E-state index in [2.05, 4.69) is 32.5 Å². The Morgan fingerprint density at radius 2 is 1.83 bits per heavy atom. The lowest BCUT2D eigenvalue weighted by Gasteiger charge is -2.11. The van der Waals surface area contributed by atoms with Crippen molar-refractivity contribution >= 4 is 40.3 Å². The van der Waals surface area contributed by atoms with Crippen LogP contribution in [0.1, 0.15) is 19.8 Å². The molecule has 3 aromatic rings. The van der Waals surface area contributed by atoms with Gasteiger partial charge in [0.1, 0.15) is 12.1 Å². The highest BCUT2D eigenvalue weighted by molar-refractivity contribution is 6.32. The molecule has 2 aromatic heterocycles. The minimum atomic E-state index is -0.558. The van der Waals surface area contributed by atoms with Crippen molar-refractivity contribution in [2.75, 3.05) is 17.2 Å². The second kappa shape index (κ2) is 9.65. The van der Waals surface area contributed by atoms with Gasteiger partial charge in [-0.1, -0.05) is 24.9 Å². The van der Waals surface area contributed by atoms with E-state index in [1.54, 1.807) is 36.4 Å². The van der Waals surface area contributed by atoms with Crippen LogP contribution in [0.2, 0.25) is 5.15 Å². The van der Waals surface area contributed by atoms with E-state index >= 15 is 0 Å². The highest BCUT2D eigenvalue weighted by Gasteiger charge is 2.24. The molecule has 0 aliphatic heterocycles. The molecule has 150 valence electrons. The van der Waals surface area contributed by atoms with E-state index in [0.717, 1.165) is 18.6 Å². The van der Waals surface area contributed by atoms with Gasteiger partial charge in [0.25, 0.3) is 0 Å². The number of nitrogens with one attached hydrogen (secondary N) is 2. The number of unbranched alkanes of at least 4 members (excludes halogenated alkanes) is 1. The van der Waals surface area contributed by atoms with Gasteiger partial charge in [-0.15, -0.1) is 0 Å². The number of halogens is 1. The Hall–Kier alpha value is -3.46. The Morgan fingerprint density at radius 3 is 2.48 bits per heavy atom. The minimum Gasteiger partial charge on any atom is -0.494 e. The Balaban J connectivity index is 1.82. The van der Waals surface area contributed by atoms with Crippen molar-refractivity contribution in [2.45, 2.75) is 19.8 Å². The summed E-state index contributed by atoms with van der Waals surface area (Å²) in [5.74, 6) is 0.781. The summed E-state index contributed by atoms with van der Waals surface area (Å²) in [5.41, 5.74) is 0.714. The number of aromatic nitrogens is 3. The van der Waals surface area contributed by atoms with Crippen LogP contribution in [0.4, 0.5) is 28.7 Å². The summed E-state index contributed by atoms with van der Waals surface area (Å²) < 4.78 is 5.62. The average Bonchev–Trinajstić information content (AvgIpc) is 2.71. The molecule has 0 atom stereocenters. The van der Waals surface area contributed by atoms with Gasteiger partial charge < -0.3 is 15.4 Å². The Labute approximate surface area is 172 Å². The summed E-state index contributed by atoms with van der Waals surface area (Å²) in [6.45, 7) is 2.74. The Bertz CT molecular complexity index is 984. The molecular weight excluding hydrogens is 396 g/mol. The smallest absolute Gasteiger partial charge is 0.353 e. The molecule has 3 rings (SSSR count). The summed E-state index contributed by atoms with van der Waals surface area (Å²) in [7, 11) is 0. The molecule has 0 fully saturated rings. The highest BCUT2D eigenvalue weighted by atomic mass is 35.5. The fourth-order valence-electron chi connectivity index (χ4n) is 2.45. The van der Waals surface area contributed by atoms with Crippen LogP contribution >= 0.6 is 11.6 Å². The quantitative estimate of drug-likeness (QED) is 0.215. The zero-order chi connectivity index (χ0) is 20.6. The van der Waals surface area contributed by atoms with Gasteiger partial charge >= 0.3 is 5.69 Å². The van der Waals surface area contributed by atoms with Crippen LogP contribution < -0.4 is 15.4 Å². The van der Waals surface area contributed by atoms with Crippen LogP contribution in [0, 0.1) is 10.1 Å². The summed E-state index contributed by atoms with van der Waals surface area (Å²) in [6.07, 6.45) is 4.77. The van der Waals surface area contributed by atoms with Crippen LogP contribution in [0.3, 0.4) is 0 Å². The Kier molecular flexibility index (Phi) is 6.75. The first-order valence-electron chi connectivity index (χ1n) is 8.95. The van der Waals surface area contributed by atoms with Crippen molar-refractivity contribution in [3.63, 3.8) is 0 Å². The van der Waals surface area contributed by atoms with E-state index in [0.29, 0.717) is 18.0 Å². The monoisotopic (exact) mass is 414 g/mol. The summed E-state index contributed by atoms with van der Waals surface area (Å²) in [4.78, 5) is 23.1. The van der Waals surface area contributed by atoms with Crippen LogP contribution in [0.15, 0.2) is 48.9 Å². The van der Waals surface area contributed by atoms with Gasteiger partial charge in [-0.25, -0.2) is 15.0 Å². The lowest BCUT2D eigenvalue weighted by Crippen LogP contribution is -2.06. The van der Waals surface area contributed by atoms with Gasteiger partial charge in [-0.2, -0.15) is 0 Å². The molecule has 0 saturated heterocycles. The normalized spacial score (nSPS) is 10.4. The van der Waals surface area contributed by atoms with E-state index in [1.807, 2.05) is 0 Å². The van der Waals surface area contributed by atoms with Crippen molar-refractivity contribution in [1.29, 1.82) is 0 Å². The standard InChI is InChI=1S/C19H19ClN6O3/c1-2-3-11-29-14-8-6-13(7-9-14)24-18-16(26(27)28)19(23-12-22-18)25-15-5-4-10-21-17(15)20/h4-10,12H,2-3,11H2,1H3,(H2,22,23,24,25). The van der Waals surface area contributed by atoms with Gasteiger partial charge in [-0.05, 0) is 42.8 Å². The number of ether oxygens (including phenoxy) is 1. The van der Waals surface area contributed by atoms with Gasteiger partial charge in [0.05, 0.1) is 17.2 Å². The molecule has 0 spiro atoms. The van der Waals surface area contributed by atoms with Crippen LogP contribution in [0.5, 0.6) is 5.75 Å². The molecule has 29 heavy (non-hydrogen) atoms. The van der Waals surface area contributed by atoms with Crippen molar-refractivity contribution in [3.8, 4) is 5.75 Å². The first kappa shape index (κ1) is 20.3. The van der Waals surface area contributed by atoms with Crippen molar-refractivity contribution < 1.29 is 9.66 Å². The second-order valence-corrected chi connectivity index (χ2v) is 6.35. The average molecular weight is 415 g/mol. The van der Waals surface area contributed by atoms with E-state index < -0.39 is 4.92 Å². The first-order chi connectivity index (χ1) is 14.1. The summed E-state index contributed by atoms with van der Waals surface area (Å²) in [6, 6.07) is 10.4. The molecule has 2 heterocycles. The van der Waals surface area contributed by atoms with E-state index in [9.17, 15) is 10.1 Å². The maximum atomic E-state index is 11.7. The molecule has 0 amide bonds. The maximum Gasteiger partial charge on any atom is 0.353 e. The van der Waals surface area contributed by atoms with Gasteiger partial charge in [0.15, 0.2) is 5.15 Å². The number of nitro groups is 1. The van der Waals surface area contributed by atoms with Crippen molar-refractivity contribution in [2.24, 2.45) is 0 Å². The van der Waals surface area contributed by atoms with Gasteiger partial charge in [0.2, 0.25) is 11.6 Å². The number of anilines is 4. The van der Waals surface area contributed by atoms with Crippen molar-refractivity contribution in [1.82, 2.24) is 15.0 Å². The summed E-state index contributed by atoms with van der Waals surface area (Å²) in [5, 5.41) is 17.7. The molecular formula is C19H19ClN6O3. The van der Waals surface area contributed by atoms with E-state index in [4.69, 9.17) is 16.3 Å². The lowest BCUT2D eigenvalue weighted by atomic mass is 10.3. The largest absolute Gasteiger partial charge is 0.494 e. The van der Waals surface area contributed by atoms with E-state index in [1.165, 1.54) is 12.5 Å². The second-order valence-electron chi connectivity index (χ2n) is 5.99. The number of rotatable bonds is 9. The number of benzene rings is 1. The number of hydrogen-bond acceptors (Lipinski definition) is 8. The fourth-order valence-corrected chi connectivity index (χ4v) is 2.61. The molecule has 0 aliphatic rings. The summed E-state index contributed by atoms with van der Waals surface area (Å²) >= 11 is 6.02. The maximum absolute atomic E-state index is 11.7. The fraction of sp³-hybridized carbons (Fsp3) is 0.211. The third-order valence-corrected chi connectivity index (χ3v) is 4.20. The lowest BCUT2D eigenvalue weighted by molar-refractivity contribution is -0.383. The molecule has 0 radical (unpaired) electrons. The molecule has 0 bridgehead atoms. The molecule has 10 heteroatoms. The minimum absolute atomic E-state index is 0.00178. The van der Waals surface area contributed by atoms with Crippen LogP contribution in [-0.4, -0.2) is 26.5 Å². The van der Waals surface area contributed by atoms with Crippen molar-refractivity contribution in [3.05, 3.63) is 64.2 Å². The van der Waals surface area contributed by atoms with Crippen LogP contribution in [0.25, 0.3) is 0 Å². The molecule has 9 nitrogen and oxygen atoms in total. The number of nitrogens with zero attached hydrogens (tertiary/aromatic N) is 4. The first-order valence-corrected chi connectivity index (χ1v) is 9.33. The zero-order valence-electron chi connectivity index (χ0n) is 15.6. The predicted octanol–water partition coefficient (Wildman–Crippen LogP) is 5.10. The zero-order valence-corrected chi connectivity index (χ0v) is 16.4. The van der Waals surface area contributed by atoms with Crippen LogP contribution in [-0.2, 0) is 0 Å². The Morgan fingerprint density at radius 1 is 1.10 bits per heavy atom.